The Labute approximate surface area is 150 Å². The largest absolute Gasteiger partial charge is 0.347 e. The van der Waals surface area contributed by atoms with Crippen molar-refractivity contribution in [1.82, 2.24) is 20.4 Å². The van der Waals surface area contributed by atoms with E-state index < -0.39 is 0 Å². The maximum Gasteiger partial charge on any atom is 0.269 e. The molecule has 1 unspecified atom stereocenters. The third kappa shape index (κ3) is 3.29. The predicted octanol–water partition coefficient (Wildman–Crippen LogP) is 3.24. The van der Waals surface area contributed by atoms with Gasteiger partial charge >= 0.3 is 0 Å². The predicted molar refractivity (Wildman–Crippen MR) is 97.3 cm³/mol. The first-order chi connectivity index (χ1) is 12.2. The van der Waals surface area contributed by atoms with Gasteiger partial charge in [0.1, 0.15) is 11.9 Å². The minimum Gasteiger partial charge on any atom is -0.347 e. The van der Waals surface area contributed by atoms with Crippen LogP contribution in [0.4, 0.5) is 0 Å². The Hall–Kier alpha value is -2.63. The van der Waals surface area contributed by atoms with E-state index in [1.807, 2.05) is 48.5 Å². The molecule has 1 atom stereocenters. The Morgan fingerprint density at radius 3 is 2.68 bits per heavy atom. The highest BCUT2D eigenvalue weighted by Gasteiger charge is 2.27. The van der Waals surface area contributed by atoms with Crippen molar-refractivity contribution in [3.05, 3.63) is 76.9 Å². The van der Waals surface area contributed by atoms with E-state index >= 15 is 0 Å². The zero-order valence-electron chi connectivity index (χ0n) is 13.4. The first-order valence-electron chi connectivity index (χ1n) is 8.12. The van der Waals surface area contributed by atoms with Crippen LogP contribution >= 0.6 is 11.6 Å². The average Bonchev–Trinajstić information content (AvgIpc) is 3.09. The van der Waals surface area contributed by atoms with E-state index in [9.17, 15) is 4.79 Å². The third-order valence-corrected chi connectivity index (χ3v) is 4.50. The molecule has 1 aliphatic rings. The molecule has 6 heteroatoms. The van der Waals surface area contributed by atoms with Crippen molar-refractivity contribution in [1.29, 1.82) is 0 Å². The fourth-order valence-corrected chi connectivity index (χ4v) is 3.05. The highest BCUT2D eigenvalue weighted by molar-refractivity contribution is 6.30. The van der Waals surface area contributed by atoms with E-state index in [-0.39, 0.29) is 12.1 Å². The van der Waals surface area contributed by atoms with Crippen molar-refractivity contribution in [2.24, 2.45) is 0 Å². The summed E-state index contributed by atoms with van der Waals surface area (Å²) in [4.78, 5) is 12.2. The van der Waals surface area contributed by atoms with Crippen LogP contribution in [0.1, 0.15) is 22.2 Å². The number of amides is 1. The Balaban J connectivity index is 1.60. The van der Waals surface area contributed by atoms with Crippen molar-refractivity contribution < 1.29 is 4.79 Å². The maximum absolute atomic E-state index is 12.2. The number of benzene rings is 2. The van der Waals surface area contributed by atoms with Crippen LogP contribution in [0.3, 0.4) is 0 Å². The van der Waals surface area contributed by atoms with Gasteiger partial charge in [-0.1, -0.05) is 54.1 Å². The Morgan fingerprint density at radius 2 is 1.92 bits per heavy atom. The summed E-state index contributed by atoms with van der Waals surface area (Å²) in [6.45, 7) is 1.21. The van der Waals surface area contributed by atoms with Gasteiger partial charge in [0, 0.05) is 17.1 Å². The van der Waals surface area contributed by atoms with Gasteiger partial charge < -0.3 is 5.32 Å². The van der Waals surface area contributed by atoms with Crippen molar-refractivity contribution in [3.8, 4) is 11.3 Å². The first-order valence-corrected chi connectivity index (χ1v) is 8.49. The molecule has 1 aromatic heterocycles. The summed E-state index contributed by atoms with van der Waals surface area (Å²) in [6, 6.07) is 19.4. The maximum atomic E-state index is 12.2. The number of carbonyl (C=O) groups is 1. The van der Waals surface area contributed by atoms with Gasteiger partial charge in [0.25, 0.3) is 5.91 Å². The van der Waals surface area contributed by atoms with Gasteiger partial charge in [0.15, 0.2) is 0 Å². The van der Waals surface area contributed by atoms with Gasteiger partial charge in [0.2, 0.25) is 0 Å². The second kappa shape index (κ2) is 6.70. The molecule has 1 amide bonds. The third-order valence-electron chi connectivity index (χ3n) is 4.24. The zero-order chi connectivity index (χ0) is 17.2. The molecule has 25 heavy (non-hydrogen) atoms. The molecule has 5 nitrogen and oxygen atoms in total. The van der Waals surface area contributed by atoms with Crippen LogP contribution in [0.2, 0.25) is 5.02 Å². The van der Waals surface area contributed by atoms with Gasteiger partial charge in [-0.15, -0.1) is 0 Å². The van der Waals surface area contributed by atoms with Gasteiger partial charge in [-0.2, -0.15) is 5.10 Å². The van der Waals surface area contributed by atoms with E-state index in [2.05, 4.69) is 27.9 Å². The van der Waals surface area contributed by atoms with Crippen LogP contribution in [-0.2, 0) is 6.54 Å². The van der Waals surface area contributed by atoms with Gasteiger partial charge in [-0.3, -0.25) is 10.1 Å². The van der Waals surface area contributed by atoms with Crippen LogP contribution in [0, 0.1) is 0 Å². The number of aromatic nitrogens is 2. The van der Waals surface area contributed by atoms with Crippen molar-refractivity contribution in [2.75, 3.05) is 6.54 Å². The van der Waals surface area contributed by atoms with E-state index in [0.29, 0.717) is 23.8 Å². The van der Waals surface area contributed by atoms with E-state index in [4.69, 9.17) is 11.6 Å². The van der Waals surface area contributed by atoms with E-state index in [1.54, 1.807) is 4.68 Å². The quantitative estimate of drug-likeness (QED) is 0.758. The molecule has 0 fully saturated rings. The van der Waals surface area contributed by atoms with Crippen LogP contribution in [0.25, 0.3) is 11.3 Å². The molecule has 0 saturated carbocycles. The number of nitrogens with one attached hydrogen (secondary N) is 2. The molecular formula is C19H17ClN4O. The number of halogens is 1. The lowest BCUT2D eigenvalue weighted by molar-refractivity contribution is 0.0900. The standard InChI is InChI=1S/C19H17ClN4O/c20-15-8-6-14(7-9-15)16-10-17-19(25)22-12-18(24(17)23-16)21-11-13-4-2-1-3-5-13/h1-10,18,21H,11-12H2,(H,22,25). The second-order valence-corrected chi connectivity index (χ2v) is 6.40. The number of nitrogens with zero attached hydrogens (tertiary/aromatic N) is 2. The number of fused-ring (bicyclic) bond motifs is 1. The lowest BCUT2D eigenvalue weighted by atomic mass is 10.1. The van der Waals surface area contributed by atoms with Crippen LogP contribution in [-0.4, -0.2) is 22.2 Å². The first kappa shape index (κ1) is 15.9. The monoisotopic (exact) mass is 352 g/mol. The van der Waals surface area contributed by atoms with Gasteiger partial charge in [-0.25, -0.2) is 4.68 Å². The molecule has 0 bridgehead atoms. The van der Waals surface area contributed by atoms with Gasteiger partial charge in [-0.05, 0) is 23.8 Å². The van der Waals surface area contributed by atoms with E-state index in [0.717, 1.165) is 11.3 Å². The van der Waals surface area contributed by atoms with Crippen LogP contribution < -0.4 is 10.6 Å². The highest BCUT2D eigenvalue weighted by Crippen LogP contribution is 2.24. The molecular weight excluding hydrogens is 336 g/mol. The second-order valence-electron chi connectivity index (χ2n) is 5.96. The van der Waals surface area contributed by atoms with Crippen LogP contribution in [0.5, 0.6) is 0 Å². The SMILES string of the molecule is O=C1NCC(NCc2ccccc2)n2nc(-c3ccc(Cl)cc3)cc21. The molecule has 0 spiro atoms. The lowest BCUT2D eigenvalue weighted by Crippen LogP contribution is -2.45. The van der Waals surface area contributed by atoms with E-state index in [1.165, 1.54) is 5.56 Å². The van der Waals surface area contributed by atoms with Gasteiger partial charge in [0.05, 0.1) is 12.2 Å². The van der Waals surface area contributed by atoms with Crippen molar-refractivity contribution in [3.63, 3.8) is 0 Å². The molecule has 0 radical (unpaired) electrons. The summed E-state index contributed by atoms with van der Waals surface area (Å²) in [5.41, 5.74) is 3.43. The van der Waals surface area contributed by atoms with Crippen LogP contribution in [0.15, 0.2) is 60.7 Å². The lowest BCUT2D eigenvalue weighted by Gasteiger charge is -2.25. The molecule has 3 aromatic rings. The summed E-state index contributed by atoms with van der Waals surface area (Å²) in [7, 11) is 0. The summed E-state index contributed by atoms with van der Waals surface area (Å²) >= 11 is 5.95. The minimum absolute atomic E-state index is 0.0889. The molecule has 1 aliphatic heterocycles. The van der Waals surface area contributed by atoms with Crippen molar-refractivity contribution >= 4 is 17.5 Å². The Kier molecular flexibility index (Phi) is 4.26. The number of hydrogen-bond donors (Lipinski definition) is 2. The molecule has 126 valence electrons. The number of hydrogen-bond acceptors (Lipinski definition) is 3. The number of rotatable bonds is 4. The Bertz CT molecular complexity index is 890. The fourth-order valence-electron chi connectivity index (χ4n) is 2.92. The molecule has 0 saturated heterocycles. The summed E-state index contributed by atoms with van der Waals surface area (Å²) < 4.78 is 1.77. The molecule has 2 N–H and O–H groups in total. The normalized spacial score (nSPS) is 16.4. The van der Waals surface area contributed by atoms with Crippen molar-refractivity contribution in [2.45, 2.75) is 12.7 Å². The highest BCUT2D eigenvalue weighted by atomic mass is 35.5. The Morgan fingerprint density at radius 1 is 1.16 bits per heavy atom. The summed E-state index contributed by atoms with van der Waals surface area (Å²) in [5, 5.41) is 11.7. The smallest absolute Gasteiger partial charge is 0.269 e. The fraction of sp³-hybridized carbons (Fsp3) is 0.158. The molecule has 4 rings (SSSR count). The average molecular weight is 353 g/mol. The topological polar surface area (TPSA) is 59.0 Å². The summed E-state index contributed by atoms with van der Waals surface area (Å²) in [6.07, 6.45) is -0.0889. The molecule has 2 heterocycles. The minimum atomic E-state index is -0.106. The zero-order valence-corrected chi connectivity index (χ0v) is 14.2. The number of carbonyl (C=O) groups excluding carboxylic acids is 1. The molecule has 2 aromatic carbocycles. The summed E-state index contributed by atoms with van der Waals surface area (Å²) in [5.74, 6) is -0.106. The molecule has 0 aliphatic carbocycles.